The smallest absolute Gasteiger partial charge is 0.343 e. The first-order chi connectivity index (χ1) is 12.4. The Morgan fingerprint density at radius 3 is 2.81 bits per heavy atom. The van der Waals surface area contributed by atoms with E-state index >= 15 is 0 Å². The molecule has 2 aromatic heterocycles. The van der Waals surface area contributed by atoms with Crippen molar-refractivity contribution in [3.8, 4) is 0 Å². The number of rotatable bonds is 7. The Morgan fingerprint density at radius 1 is 1.38 bits per heavy atom. The number of aromatic nitrogens is 4. The SMILES string of the molecule is C=C(OCCCC)c1cc2cnc([S+](C)[O-])nc2c2c1cnn2C(C)C. The Kier molecular flexibility index (Phi) is 5.48. The van der Waals surface area contributed by atoms with Crippen LogP contribution in [0.4, 0.5) is 0 Å². The summed E-state index contributed by atoms with van der Waals surface area (Å²) in [6.07, 6.45) is 7.16. The molecule has 0 radical (unpaired) electrons. The fourth-order valence-electron chi connectivity index (χ4n) is 2.88. The van der Waals surface area contributed by atoms with Crippen LogP contribution in [0, 0.1) is 0 Å². The van der Waals surface area contributed by atoms with Gasteiger partial charge in [0.2, 0.25) is 0 Å². The molecule has 26 heavy (non-hydrogen) atoms. The van der Waals surface area contributed by atoms with Crippen LogP contribution >= 0.6 is 0 Å². The highest BCUT2D eigenvalue weighted by molar-refractivity contribution is 7.90. The van der Waals surface area contributed by atoms with Crippen molar-refractivity contribution in [2.45, 2.75) is 44.8 Å². The largest absolute Gasteiger partial charge is 0.609 e. The van der Waals surface area contributed by atoms with Gasteiger partial charge in [0.05, 0.1) is 18.3 Å². The van der Waals surface area contributed by atoms with E-state index in [1.165, 1.54) is 0 Å². The normalized spacial score (nSPS) is 12.8. The van der Waals surface area contributed by atoms with Crippen LogP contribution in [-0.2, 0) is 15.9 Å². The van der Waals surface area contributed by atoms with Crippen molar-refractivity contribution in [2.24, 2.45) is 0 Å². The molecule has 6 nitrogen and oxygen atoms in total. The molecular formula is C19H24N4O2S. The minimum absolute atomic E-state index is 0.158. The van der Waals surface area contributed by atoms with E-state index in [1.54, 1.807) is 12.5 Å². The first-order valence-corrected chi connectivity index (χ1v) is 10.3. The van der Waals surface area contributed by atoms with Gasteiger partial charge in [0.25, 0.3) is 0 Å². The van der Waals surface area contributed by atoms with E-state index in [0.29, 0.717) is 17.5 Å². The van der Waals surface area contributed by atoms with Crippen LogP contribution in [0.1, 0.15) is 45.2 Å². The van der Waals surface area contributed by atoms with E-state index in [0.717, 1.165) is 40.2 Å². The zero-order chi connectivity index (χ0) is 18.8. The summed E-state index contributed by atoms with van der Waals surface area (Å²) >= 11 is -1.25. The molecule has 3 aromatic rings. The maximum atomic E-state index is 11.8. The van der Waals surface area contributed by atoms with Gasteiger partial charge < -0.3 is 9.29 Å². The molecule has 1 aromatic carbocycles. The topological polar surface area (TPSA) is 75.9 Å². The van der Waals surface area contributed by atoms with Crippen LogP contribution in [0.15, 0.2) is 30.2 Å². The highest BCUT2D eigenvalue weighted by Crippen LogP contribution is 2.33. The molecule has 0 bridgehead atoms. The second-order valence-electron chi connectivity index (χ2n) is 6.54. The van der Waals surface area contributed by atoms with Gasteiger partial charge in [-0.1, -0.05) is 19.9 Å². The molecular weight excluding hydrogens is 348 g/mol. The molecule has 7 heteroatoms. The lowest BCUT2D eigenvalue weighted by molar-refractivity contribution is 0.271. The van der Waals surface area contributed by atoms with Gasteiger partial charge >= 0.3 is 5.16 Å². The zero-order valence-corrected chi connectivity index (χ0v) is 16.5. The van der Waals surface area contributed by atoms with Gasteiger partial charge in [0.1, 0.15) is 17.5 Å². The van der Waals surface area contributed by atoms with Crippen LogP contribution < -0.4 is 0 Å². The average Bonchev–Trinajstić information content (AvgIpc) is 3.06. The Hall–Kier alpha value is -2.12. The third-order valence-electron chi connectivity index (χ3n) is 4.23. The minimum Gasteiger partial charge on any atom is -0.609 e. The fraction of sp³-hybridized carbons (Fsp3) is 0.421. The van der Waals surface area contributed by atoms with Crippen LogP contribution in [0.25, 0.3) is 27.6 Å². The molecule has 0 aliphatic heterocycles. The van der Waals surface area contributed by atoms with Crippen molar-refractivity contribution in [1.82, 2.24) is 19.7 Å². The van der Waals surface area contributed by atoms with E-state index in [9.17, 15) is 4.55 Å². The predicted molar refractivity (Wildman–Crippen MR) is 105 cm³/mol. The Morgan fingerprint density at radius 2 is 2.15 bits per heavy atom. The summed E-state index contributed by atoms with van der Waals surface area (Å²) in [6, 6.07) is 2.13. The van der Waals surface area contributed by atoms with Gasteiger partial charge in [-0.05, 0) is 26.3 Å². The minimum atomic E-state index is -1.25. The van der Waals surface area contributed by atoms with Crippen LogP contribution in [0.3, 0.4) is 0 Å². The summed E-state index contributed by atoms with van der Waals surface area (Å²) in [5.41, 5.74) is 2.53. The average molecular weight is 372 g/mol. The monoisotopic (exact) mass is 372 g/mol. The maximum Gasteiger partial charge on any atom is 0.343 e. The molecule has 0 saturated carbocycles. The zero-order valence-electron chi connectivity index (χ0n) is 15.7. The number of nitrogens with zero attached hydrogens (tertiary/aromatic N) is 4. The van der Waals surface area contributed by atoms with Crippen molar-refractivity contribution in [1.29, 1.82) is 0 Å². The van der Waals surface area contributed by atoms with E-state index in [2.05, 4.69) is 42.4 Å². The van der Waals surface area contributed by atoms with Crippen LogP contribution in [-0.4, -0.2) is 37.2 Å². The van der Waals surface area contributed by atoms with Gasteiger partial charge in [-0.15, -0.1) is 0 Å². The molecule has 138 valence electrons. The van der Waals surface area contributed by atoms with E-state index in [1.807, 2.05) is 16.9 Å². The Bertz CT molecular complexity index is 950. The molecule has 0 fully saturated rings. The Balaban J connectivity index is 2.23. The first kappa shape index (κ1) is 18.7. The molecule has 0 aliphatic rings. The van der Waals surface area contributed by atoms with Crippen LogP contribution in [0.5, 0.6) is 0 Å². The van der Waals surface area contributed by atoms with Gasteiger partial charge in [-0.25, -0.2) is 0 Å². The lowest BCUT2D eigenvalue weighted by Crippen LogP contribution is -2.07. The maximum absolute atomic E-state index is 11.8. The van der Waals surface area contributed by atoms with Crippen molar-refractivity contribution < 1.29 is 9.29 Å². The molecule has 0 amide bonds. The Labute approximate surface area is 156 Å². The molecule has 1 unspecified atom stereocenters. The molecule has 0 saturated heterocycles. The lowest BCUT2D eigenvalue weighted by atomic mass is 10.1. The second-order valence-corrected chi connectivity index (χ2v) is 7.81. The predicted octanol–water partition coefficient (Wildman–Crippen LogP) is 4.09. The standard InChI is InChI=1S/C19H24N4O2S/c1-6-7-8-25-13(4)15-9-14-10-20-19(26(5)24)22-17(14)18-16(15)11-21-23(18)12(2)3/h9-12H,4,6-8H2,1-3,5H3. The first-order valence-electron chi connectivity index (χ1n) is 8.76. The number of benzene rings is 1. The summed E-state index contributed by atoms with van der Waals surface area (Å²) in [7, 11) is 0. The second kappa shape index (κ2) is 7.63. The lowest BCUT2D eigenvalue weighted by Gasteiger charge is -2.14. The summed E-state index contributed by atoms with van der Waals surface area (Å²) in [4.78, 5) is 8.79. The third kappa shape index (κ3) is 3.41. The van der Waals surface area contributed by atoms with Gasteiger partial charge in [0.15, 0.2) is 0 Å². The summed E-state index contributed by atoms with van der Waals surface area (Å²) in [5, 5.41) is 6.64. The van der Waals surface area contributed by atoms with Gasteiger partial charge in [-0.3, -0.25) is 4.68 Å². The highest BCUT2D eigenvalue weighted by Gasteiger charge is 2.19. The molecule has 0 spiro atoms. The number of fused-ring (bicyclic) bond motifs is 3. The molecule has 0 aliphatic carbocycles. The third-order valence-corrected chi connectivity index (χ3v) is 4.94. The number of unbranched alkanes of at least 4 members (excludes halogenated alkanes) is 1. The highest BCUT2D eigenvalue weighted by atomic mass is 32.2. The van der Waals surface area contributed by atoms with Crippen molar-refractivity contribution in [2.75, 3.05) is 12.9 Å². The van der Waals surface area contributed by atoms with Crippen molar-refractivity contribution in [3.63, 3.8) is 0 Å². The molecule has 3 rings (SSSR count). The number of hydrogen-bond donors (Lipinski definition) is 0. The quantitative estimate of drug-likeness (QED) is 0.270. The molecule has 1 atom stereocenters. The molecule has 2 heterocycles. The molecule has 0 N–H and O–H groups in total. The number of hydrogen-bond acceptors (Lipinski definition) is 5. The van der Waals surface area contributed by atoms with Crippen LogP contribution in [0.2, 0.25) is 0 Å². The summed E-state index contributed by atoms with van der Waals surface area (Å²) < 4.78 is 19.6. The number of ether oxygens (including phenoxy) is 1. The van der Waals surface area contributed by atoms with E-state index in [-0.39, 0.29) is 6.04 Å². The fourth-order valence-corrected chi connectivity index (χ4v) is 3.30. The summed E-state index contributed by atoms with van der Waals surface area (Å²) in [5.74, 6) is 0.622. The van der Waals surface area contributed by atoms with E-state index in [4.69, 9.17) is 4.74 Å². The van der Waals surface area contributed by atoms with Gasteiger partial charge in [0, 0.05) is 39.8 Å². The summed E-state index contributed by atoms with van der Waals surface area (Å²) in [6.45, 7) is 11.0. The van der Waals surface area contributed by atoms with Gasteiger partial charge in [-0.2, -0.15) is 15.1 Å². The van der Waals surface area contributed by atoms with Crippen molar-refractivity contribution >= 4 is 38.7 Å². The van der Waals surface area contributed by atoms with Crippen molar-refractivity contribution in [3.05, 3.63) is 30.6 Å². The van der Waals surface area contributed by atoms with E-state index < -0.39 is 11.2 Å².